The molecule has 1 saturated heterocycles. The third-order valence-electron chi connectivity index (χ3n) is 5.21. The van der Waals surface area contributed by atoms with E-state index in [-0.39, 0.29) is 12.6 Å². The van der Waals surface area contributed by atoms with Gasteiger partial charge in [-0.1, -0.05) is 0 Å². The highest BCUT2D eigenvalue weighted by atomic mass is 16.5. The summed E-state index contributed by atoms with van der Waals surface area (Å²) in [6.07, 6.45) is 4.98. The van der Waals surface area contributed by atoms with Crippen molar-refractivity contribution in [3.05, 3.63) is 53.9 Å². The molecule has 3 N–H and O–H groups in total. The van der Waals surface area contributed by atoms with Gasteiger partial charge in [0.1, 0.15) is 18.3 Å². The summed E-state index contributed by atoms with van der Waals surface area (Å²) in [6, 6.07) is 4.21. The van der Waals surface area contributed by atoms with Crippen LogP contribution in [0.2, 0.25) is 0 Å². The molecule has 0 unspecified atom stereocenters. The van der Waals surface area contributed by atoms with E-state index in [9.17, 15) is 9.59 Å². The van der Waals surface area contributed by atoms with E-state index in [2.05, 4.69) is 25.5 Å². The number of piperazine rings is 1. The van der Waals surface area contributed by atoms with Gasteiger partial charge in [-0.25, -0.2) is 19.6 Å². The number of amides is 2. The predicted octanol–water partition coefficient (Wildman–Crippen LogP) is -0.354. The van der Waals surface area contributed by atoms with Gasteiger partial charge in [-0.3, -0.25) is 0 Å². The molecule has 0 saturated carbocycles. The molecule has 10 heteroatoms. The lowest BCUT2D eigenvalue weighted by atomic mass is 9.99. The first kappa shape index (κ1) is 19.9. The van der Waals surface area contributed by atoms with Crippen LogP contribution in [0.3, 0.4) is 0 Å². The number of aromatic nitrogens is 2. The van der Waals surface area contributed by atoms with Gasteiger partial charge in [-0.15, -0.1) is 0 Å². The second-order valence-corrected chi connectivity index (χ2v) is 7.12. The molecule has 4 rings (SSSR count). The number of nitrogens with zero attached hydrogens (tertiary/aromatic N) is 3. The highest BCUT2D eigenvalue weighted by molar-refractivity contribution is 5.95. The van der Waals surface area contributed by atoms with Gasteiger partial charge in [-0.2, -0.15) is 0 Å². The highest BCUT2D eigenvalue weighted by Gasteiger charge is 2.37. The Bertz CT molecular complexity index is 907. The van der Waals surface area contributed by atoms with Crippen LogP contribution in [0, 0.1) is 0 Å². The van der Waals surface area contributed by atoms with E-state index in [1.165, 1.54) is 11.2 Å². The SMILES string of the molecule is CCOC(=O)C1=C(C[NH+]2CCN(c3ncccn3)CC2)NC(=O)N[C@@H]1c1ccco1. The van der Waals surface area contributed by atoms with E-state index in [4.69, 9.17) is 9.15 Å². The predicted molar refractivity (Wildman–Crippen MR) is 107 cm³/mol. The monoisotopic (exact) mass is 413 g/mol. The summed E-state index contributed by atoms with van der Waals surface area (Å²) in [5, 5.41) is 5.58. The number of ether oxygens (including phenoxy) is 1. The third-order valence-corrected chi connectivity index (χ3v) is 5.21. The number of esters is 1. The van der Waals surface area contributed by atoms with Crippen molar-refractivity contribution >= 4 is 17.9 Å². The topological polar surface area (TPSA) is 114 Å². The van der Waals surface area contributed by atoms with Gasteiger partial charge in [0.2, 0.25) is 5.95 Å². The maximum Gasteiger partial charge on any atom is 0.338 e. The van der Waals surface area contributed by atoms with Crippen molar-refractivity contribution < 1.29 is 23.6 Å². The lowest BCUT2D eigenvalue weighted by Crippen LogP contribution is -3.15. The maximum absolute atomic E-state index is 12.8. The van der Waals surface area contributed by atoms with Gasteiger partial charge in [0.15, 0.2) is 0 Å². The smallest absolute Gasteiger partial charge is 0.338 e. The van der Waals surface area contributed by atoms with E-state index in [0.29, 0.717) is 23.6 Å². The molecule has 0 radical (unpaired) electrons. The first-order valence-electron chi connectivity index (χ1n) is 10.0. The summed E-state index contributed by atoms with van der Waals surface area (Å²) in [5.74, 6) is 0.750. The fourth-order valence-electron chi connectivity index (χ4n) is 3.78. The summed E-state index contributed by atoms with van der Waals surface area (Å²) in [5.41, 5.74) is 0.950. The Balaban J connectivity index is 1.53. The molecule has 2 amide bonds. The zero-order valence-electron chi connectivity index (χ0n) is 16.8. The number of rotatable bonds is 6. The molecule has 0 bridgehead atoms. The van der Waals surface area contributed by atoms with E-state index in [0.717, 1.165) is 32.1 Å². The number of carbonyl (C=O) groups excluding carboxylic acids is 2. The minimum Gasteiger partial charge on any atom is -0.467 e. The fourth-order valence-corrected chi connectivity index (χ4v) is 3.78. The summed E-state index contributed by atoms with van der Waals surface area (Å²) in [7, 11) is 0. The average molecular weight is 413 g/mol. The number of hydrogen-bond donors (Lipinski definition) is 3. The van der Waals surface area contributed by atoms with Crippen LogP contribution in [0.5, 0.6) is 0 Å². The van der Waals surface area contributed by atoms with Crippen molar-refractivity contribution in [1.29, 1.82) is 0 Å². The Kier molecular flexibility index (Phi) is 5.94. The molecule has 0 aliphatic carbocycles. The van der Waals surface area contributed by atoms with Crippen LogP contribution in [0.1, 0.15) is 18.7 Å². The molecule has 1 atom stereocenters. The molecule has 2 aromatic heterocycles. The first-order chi connectivity index (χ1) is 14.7. The molecular formula is C20H25N6O4+. The van der Waals surface area contributed by atoms with Crippen molar-refractivity contribution in [2.75, 3.05) is 44.2 Å². The Morgan fingerprint density at radius 1 is 1.30 bits per heavy atom. The van der Waals surface area contributed by atoms with Crippen LogP contribution in [0.15, 0.2) is 52.5 Å². The molecule has 0 spiro atoms. The van der Waals surface area contributed by atoms with Gasteiger partial charge in [0.05, 0.1) is 50.3 Å². The molecule has 1 fully saturated rings. The standard InChI is InChI=1S/C20H24N6O4/c1-2-29-18(27)16-14(23-20(28)24-17(16)15-5-3-12-30-15)13-25-8-10-26(11-9-25)19-21-6-4-7-22-19/h3-7,12,17H,2,8-11,13H2,1H3,(H2,23,24,28)/p+1/t17-/m1/s1. The van der Waals surface area contributed by atoms with Gasteiger partial charge < -0.3 is 29.6 Å². The van der Waals surface area contributed by atoms with Crippen LogP contribution in [-0.2, 0) is 9.53 Å². The third kappa shape index (κ3) is 4.28. The van der Waals surface area contributed by atoms with Crippen molar-refractivity contribution in [2.24, 2.45) is 0 Å². The van der Waals surface area contributed by atoms with Crippen LogP contribution in [0.4, 0.5) is 10.7 Å². The van der Waals surface area contributed by atoms with Gasteiger partial charge >= 0.3 is 12.0 Å². The van der Waals surface area contributed by atoms with Gasteiger partial charge in [-0.05, 0) is 25.1 Å². The van der Waals surface area contributed by atoms with Crippen molar-refractivity contribution in [3.63, 3.8) is 0 Å². The first-order valence-corrected chi connectivity index (χ1v) is 10.0. The fraction of sp³-hybridized carbons (Fsp3) is 0.400. The van der Waals surface area contributed by atoms with E-state index in [1.807, 2.05) is 0 Å². The average Bonchev–Trinajstić information content (AvgIpc) is 3.29. The van der Waals surface area contributed by atoms with E-state index < -0.39 is 12.0 Å². The molecular weight excluding hydrogens is 388 g/mol. The van der Waals surface area contributed by atoms with E-state index in [1.54, 1.807) is 37.5 Å². The number of furan rings is 1. The van der Waals surface area contributed by atoms with Crippen LogP contribution in [0.25, 0.3) is 0 Å². The minimum absolute atomic E-state index is 0.247. The van der Waals surface area contributed by atoms with Gasteiger partial charge in [0.25, 0.3) is 0 Å². The highest BCUT2D eigenvalue weighted by Crippen LogP contribution is 2.27. The summed E-state index contributed by atoms with van der Waals surface area (Å²) >= 11 is 0. The largest absolute Gasteiger partial charge is 0.467 e. The second-order valence-electron chi connectivity index (χ2n) is 7.12. The number of hydrogen-bond acceptors (Lipinski definition) is 7. The number of quaternary nitrogens is 1. The molecule has 2 aliphatic heterocycles. The molecule has 30 heavy (non-hydrogen) atoms. The Labute approximate surface area is 173 Å². The Hall–Kier alpha value is -3.40. The Morgan fingerprint density at radius 3 is 2.73 bits per heavy atom. The zero-order valence-corrected chi connectivity index (χ0v) is 16.8. The van der Waals surface area contributed by atoms with Crippen molar-refractivity contribution in [3.8, 4) is 0 Å². The van der Waals surface area contributed by atoms with Crippen molar-refractivity contribution in [2.45, 2.75) is 13.0 Å². The summed E-state index contributed by atoms with van der Waals surface area (Å²) in [6.45, 7) is 5.73. The number of carbonyl (C=O) groups is 2. The van der Waals surface area contributed by atoms with Gasteiger partial charge in [0, 0.05) is 12.4 Å². The normalized spacial score (nSPS) is 20.0. The van der Waals surface area contributed by atoms with E-state index >= 15 is 0 Å². The molecule has 158 valence electrons. The lowest BCUT2D eigenvalue weighted by Gasteiger charge is -2.34. The van der Waals surface area contributed by atoms with Crippen LogP contribution < -0.4 is 20.4 Å². The molecule has 2 aliphatic rings. The van der Waals surface area contributed by atoms with Crippen molar-refractivity contribution in [1.82, 2.24) is 20.6 Å². The lowest BCUT2D eigenvalue weighted by molar-refractivity contribution is -0.896. The minimum atomic E-state index is -0.679. The molecule has 10 nitrogen and oxygen atoms in total. The molecule has 4 heterocycles. The molecule has 2 aromatic rings. The quantitative estimate of drug-likeness (QED) is 0.555. The maximum atomic E-state index is 12.8. The van der Waals surface area contributed by atoms with Crippen LogP contribution in [-0.4, -0.2) is 61.3 Å². The van der Waals surface area contributed by atoms with Crippen LogP contribution >= 0.6 is 0 Å². The second kappa shape index (κ2) is 8.95. The number of nitrogens with one attached hydrogen (secondary N) is 3. The summed E-state index contributed by atoms with van der Waals surface area (Å²) in [4.78, 5) is 37.1. The number of urea groups is 1. The summed E-state index contributed by atoms with van der Waals surface area (Å²) < 4.78 is 10.7. The zero-order chi connectivity index (χ0) is 20.9. The number of anilines is 1. The molecule has 0 aromatic carbocycles. The Morgan fingerprint density at radius 2 is 2.07 bits per heavy atom.